The number of benzene rings is 6. The first-order valence-electron chi connectivity index (χ1n) is 14.9. The molecule has 0 bridgehead atoms. The molecule has 43 heavy (non-hydrogen) atoms. The number of pyridine rings is 1. The van der Waals surface area contributed by atoms with E-state index in [1.807, 2.05) is 6.07 Å². The maximum absolute atomic E-state index is 6.08. The third kappa shape index (κ3) is 4.41. The number of nitrogens with one attached hydrogen (secondary N) is 1. The molecule has 0 spiro atoms. The summed E-state index contributed by atoms with van der Waals surface area (Å²) >= 11 is 0. The summed E-state index contributed by atoms with van der Waals surface area (Å²) in [6.45, 7) is 2.13. The molecule has 0 fully saturated rings. The second kappa shape index (κ2) is 10.5. The molecule has 1 aromatic heterocycles. The Morgan fingerprint density at radius 3 is 2.16 bits per heavy atom. The Bertz CT molecular complexity index is 2130. The Morgan fingerprint density at radius 1 is 0.605 bits per heavy atom. The lowest BCUT2D eigenvalue weighted by Gasteiger charge is -2.19. The van der Waals surface area contributed by atoms with Crippen molar-refractivity contribution in [2.45, 2.75) is 19.6 Å². The molecule has 0 amide bonds. The van der Waals surface area contributed by atoms with Crippen LogP contribution in [0.2, 0.25) is 0 Å². The van der Waals surface area contributed by atoms with Gasteiger partial charge in [-0.05, 0) is 56.6 Å². The first kappa shape index (κ1) is 25.3. The second-order valence-corrected chi connectivity index (χ2v) is 11.1. The number of aromatic nitrogens is 1. The van der Waals surface area contributed by atoms with Crippen molar-refractivity contribution in [1.29, 1.82) is 0 Å². The van der Waals surface area contributed by atoms with Gasteiger partial charge in [0.25, 0.3) is 0 Å². The van der Waals surface area contributed by atoms with Crippen LogP contribution in [0.15, 0.2) is 140 Å². The summed E-state index contributed by atoms with van der Waals surface area (Å²) < 4.78 is 6.08. The van der Waals surface area contributed by atoms with Crippen LogP contribution in [0.25, 0.3) is 66.3 Å². The van der Waals surface area contributed by atoms with Crippen LogP contribution in [-0.4, -0.2) is 11.2 Å². The van der Waals surface area contributed by atoms with E-state index in [4.69, 9.17) is 9.72 Å². The highest BCUT2D eigenvalue weighted by Gasteiger charge is 2.23. The van der Waals surface area contributed by atoms with Crippen molar-refractivity contribution in [3.8, 4) is 50.5 Å². The van der Waals surface area contributed by atoms with Crippen molar-refractivity contribution in [2.24, 2.45) is 0 Å². The number of anilines is 1. The third-order valence-corrected chi connectivity index (χ3v) is 8.44. The monoisotopic (exact) mass is 554 g/mol. The molecular weight excluding hydrogens is 524 g/mol. The Labute approximate surface area is 251 Å². The first-order chi connectivity index (χ1) is 21.3. The summed E-state index contributed by atoms with van der Waals surface area (Å²) in [5.74, 6) is 0.909. The van der Waals surface area contributed by atoms with Crippen LogP contribution in [-0.2, 0) is 0 Å². The Balaban J connectivity index is 1.40. The zero-order valence-electron chi connectivity index (χ0n) is 23.9. The minimum absolute atomic E-state index is 0.0123. The fraction of sp³-hybridized carbons (Fsp3) is 0.0750. The van der Waals surface area contributed by atoms with Crippen LogP contribution < -0.4 is 10.1 Å². The number of ether oxygens (including phenoxy) is 1. The fourth-order valence-electron chi connectivity index (χ4n) is 6.33. The molecule has 8 rings (SSSR count). The molecular formula is C40H30N2O. The predicted octanol–water partition coefficient (Wildman–Crippen LogP) is 10.6. The van der Waals surface area contributed by atoms with Gasteiger partial charge in [-0.3, -0.25) is 0 Å². The van der Waals surface area contributed by atoms with Crippen LogP contribution in [0, 0.1) is 0 Å². The average molecular weight is 555 g/mol. The number of fused-ring (bicyclic) bond motifs is 3. The topological polar surface area (TPSA) is 34.2 Å². The molecule has 1 unspecified atom stereocenters. The smallest absolute Gasteiger partial charge is 0.169 e. The molecule has 1 aliphatic rings. The molecule has 7 aromatic rings. The summed E-state index contributed by atoms with van der Waals surface area (Å²) in [7, 11) is 0. The lowest BCUT2D eigenvalue weighted by Crippen LogP contribution is -2.17. The summed E-state index contributed by atoms with van der Waals surface area (Å²) in [5, 5.41) is 8.28. The number of rotatable bonds is 5. The van der Waals surface area contributed by atoms with E-state index in [2.05, 4.69) is 146 Å². The normalized spacial score (nSPS) is 13.9. The Kier molecular flexibility index (Phi) is 6.15. The summed E-state index contributed by atoms with van der Waals surface area (Å²) in [5.41, 5.74) is 9.92. The lowest BCUT2D eigenvalue weighted by atomic mass is 9.86. The molecule has 1 atom stereocenters. The van der Waals surface area contributed by atoms with Gasteiger partial charge in [0.2, 0.25) is 0 Å². The van der Waals surface area contributed by atoms with Crippen molar-refractivity contribution in [3.05, 3.63) is 140 Å². The summed E-state index contributed by atoms with van der Waals surface area (Å²) in [4.78, 5) is 5.35. The minimum atomic E-state index is 0.0123. The van der Waals surface area contributed by atoms with Gasteiger partial charge in [-0.2, -0.15) is 0 Å². The van der Waals surface area contributed by atoms with E-state index in [9.17, 15) is 0 Å². The molecule has 2 heterocycles. The third-order valence-electron chi connectivity index (χ3n) is 8.44. The zero-order valence-corrected chi connectivity index (χ0v) is 23.9. The van der Waals surface area contributed by atoms with Gasteiger partial charge in [0.05, 0.1) is 17.1 Å². The lowest BCUT2D eigenvalue weighted by molar-refractivity contribution is 0.249. The average Bonchev–Trinajstić information content (AvgIpc) is 3.50. The highest BCUT2D eigenvalue weighted by molar-refractivity contribution is 6.09. The molecule has 0 radical (unpaired) electrons. The van der Waals surface area contributed by atoms with E-state index in [0.717, 1.165) is 56.9 Å². The van der Waals surface area contributed by atoms with Crippen molar-refractivity contribution in [1.82, 2.24) is 4.98 Å². The van der Waals surface area contributed by atoms with Crippen LogP contribution in [0.1, 0.15) is 13.3 Å². The van der Waals surface area contributed by atoms with Gasteiger partial charge in [0.15, 0.2) is 6.23 Å². The highest BCUT2D eigenvalue weighted by Crippen LogP contribution is 2.45. The van der Waals surface area contributed by atoms with Crippen LogP contribution in [0.5, 0.6) is 5.75 Å². The largest absolute Gasteiger partial charge is 0.469 e. The van der Waals surface area contributed by atoms with Gasteiger partial charge in [-0.15, -0.1) is 0 Å². The second-order valence-electron chi connectivity index (χ2n) is 11.1. The van der Waals surface area contributed by atoms with Gasteiger partial charge in [0, 0.05) is 22.9 Å². The zero-order chi connectivity index (χ0) is 28.8. The molecule has 0 saturated heterocycles. The minimum Gasteiger partial charge on any atom is -0.469 e. The number of hydrogen-bond acceptors (Lipinski definition) is 3. The van der Waals surface area contributed by atoms with Crippen molar-refractivity contribution >= 4 is 27.2 Å². The van der Waals surface area contributed by atoms with Gasteiger partial charge in [0.1, 0.15) is 5.75 Å². The molecule has 3 nitrogen and oxygen atoms in total. The number of nitrogens with zero attached hydrogens (tertiary/aromatic N) is 1. The Morgan fingerprint density at radius 2 is 1.33 bits per heavy atom. The van der Waals surface area contributed by atoms with Crippen LogP contribution in [0.3, 0.4) is 0 Å². The van der Waals surface area contributed by atoms with E-state index in [1.165, 1.54) is 27.3 Å². The molecule has 1 aliphatic heterocycles. The number of hydrogen-bond donors (Lipinski definition) is 1. The summed E-state index contributed by atoms with van der Waals surface area (Å²) in [6, 6.07) is 49.6. The van der Waals surface area contributed by atoms with E-state index >= 15 is 0 Å². The van der Waals surface area contributed by atoms with E-state index in [-0.39, 0.29) is 6.23 Å². The van der Waals surface area contributed by atoms with Gasteiger partial charge < -0.3 is 10.1 Å². The molecule has 0 saturated carbocycles. The van der Waals surface area contributed by atoms with E-state index in [1.54, 1.807) is 0 Å². The van der Waals surface area contributed by atoms with Gasteiger partial charge in [-0.25, -0.2) is 4.98 Å². The van der Waals surface area contributed by atoms with Gasteiger partial charge in [-0.1, -0.05) is 128 Å². The van der Waals surface area contributed by atoms with Crippen molar-refractivity contribution in [2.75, 3.05) is 5.32 Å². The molecule has 206 valence electrons. The van der Waals surface area contributed by atoms with Crippen LogP contribution >= 0.6 is 0 Å². The van der Waals surface area contributed by atoms with Crippen molar-refractivity contribution in [3.63, 3.8) is 0 Å². The van der Waals surface area contributed by atoms with E-state index in [0.29, 0.717) is 0 Å². The SMILES string of the molecule is CCC1Nc2cc(-c3ccc4ccccc4c3-c3ccccc3-c3nc(-c4ccccc4)cc4ccccc34)ccc2O1. The first-order valence-corrected chi connectivity index (χ1v) is 14.9. The predicted molar refractivity (Wildman–Crippen MR) is 179 cm³/mol. The quantitative estimate of drug-likeness (QED) is 0.230. The van der Waals surface area contributed by atoms with Crippen molar-refractivity contribution < 1.29 is 4.74 Å². The highest BCUT2D eigenvalue weighted by atomic mass is 16.5. The molecule has 1 N–H and O–H groups in total. The fourth-order valence-corrected chi connectivity index (χ4v) is 6.33. The maximum atomic E-state index is 6.08. The van der Waals surface area contributed by atoms with Crippen LogP contribution in [0.4, 0.5) is 5.69 Å². The molecule has 3 heteroatoms. The van der Waals surface area contributed by atoms with Gasteiger partial charge >= 0.3 is 0 Å². The standard InChI is InChI=1S/C40H30N2O/c1-2-38-41-36-25-29(21-23-37(36)43-38)31-22-20-26-12-6-8-16-30(26)39(31)33-18-10-11-19-34(33)40-32-17-9-7-15-28(32)24-35(42-40)27-13-4-3-5-14-27/h3-25,38,41H,2H2,1H3. The maximum Gasteiger partial charge on any atom is 0.169 e. The Hall–Kier alpha value is -5.41. The molecule has 0 aliphatic carbocycles. The molecule has 6 aromatic carbocycles. The summed E-state index contributed by atoms with van der Waals surface area (Å²) in [6.07, 6.45) is 0.917. The van der Waals surface area contributed by atoms with E-state index < -0.39 is 0 Å².